The molecule has 0 aliphatic heterocycles. The van der Waals surface area contributed by atoms with Crippen LogP contribution in [0, 0.1) is 0 Å². The summed E-state index contributed by atoms with van der Waals surface area (Å²) >= 11 is 0. The quantitative estimate of drug-likeness (QED) is 0.137. The van der Waals surface area contributed by atoms with E-state index in [4.69, 9.17) is 9.47 Å². The summed E-state index contributed by atoms with van der Waals surface area (Å²) in [5, 5.41) is 5.91. The Bertz CT molecular complexity index is 1710. The number of carbonyl (C=O) groups is 3. The van der Waals surface area contributed by atoms with E-state index in [0.717, 1.165) is 16.7 Å². The first-order valence-electron chi connectivity index (χ1n) is 15.7. The number of hydrogen-bond acceptors (Lipinski definition) is 5. The number of hydrogen-bond donors (Lipinski definition) is 2. The van der Waals surface area contributed by atoms with Crippen LogP contribution in [0.5, 0.6) is 5.75 Å². The summed E-state index contributed by atoms with van der Waals surface area (Å²) in [6, 6.07) is 43.8. The highest BCUT2D eigenvalue weighted by Crippen LogP contribution is 2.20. The summed E-state index contributed by atoms with van der Waals surface area (Å²) in [5.74, 6) is -0.573. The topological polar surface area (TPSA) is 93.7 Å². The molecule has 0 aliphatic rings. The van der Waals surface area contributed by atoms with Crippen molar-refractivity contribution in [2.75, 3.05) is 6.61 Å². The van der Waals surface area contributed by atoms with Crippen LogP contribution in [0.3, 0.4) is 0 Å². The predicted molar refractivity (Wildman–Crippen MR) is 182 cm³/mol. The van der Waals surface area contributed by atoms with Gasteiger partial charge in [0.2, 0.25) is 5.91 Å². The molecule has 5 rings (SSSR count). The summed E-state index contributed by atoms with van der Waals surface area (Å²) in [6.07, 6.45) is 0.729. The fourth-order valence-electron chi connectivity index (χ4n) is 5.18. The van der Waals surface area contributed by atoms with Gasteiger partial charge < -0.3 is 20.1 Å². The summed E-state index contributed by atoms with van der Waals surface area (Å²) < 4.78 is 11.9. The molecular weight excluding hydrogens is 588 g/mol. The van der Waals surface area contributed by atoms with Crippen LogP contribution in [0.4, 0.5) is 0 Å². The molecule has 238 valence electrons. The van der Waals surface area contributed by atoms with Gasteiger partial charge >= 0.3 is 5.97 Å². The summed E-state index contributed by atoms with van der Waals surface area (Å²) in [5.41, 5.74) is 4.10. The monoisotopic (exact) mass is 626 g/mol. The minimum absolute atomic E-state index is 0.0211. The minimum Gasteiger partial charge on any atom is -0.489 e. The third-order valence-corrected chi connectivity index (χ3v) is 7.59. The van der Waals surface area contributed by atoms with Gasteiger partial charge in [0, 0.05) is 17.5 Å². The van der Waals surface area contributed by atoms with Crippen LogP contribution in [-0.2, 0) is 40.2 Å². The highest BCUT2D eigenvalue weighted by atomic mass is 16.5. The Hall–Kier alpha value is -5.69. The van der Waals surface area contributed by atoms with Crippen LogP contribution in [-0.4, -0.2) is 36.5 Å². The molecule has 47 heavy (non-hydrogen) atoms. The second-order valence-electron chi connectivity index (χ2n) is 11.2. The number of amides is 2. The average Bonchev–Trinajstić information content (AvgIpc) is 3.11. The van der Waals surface area contributed by atoms with Gasteiger partial charge in [-0.15, -0.1) is 0 Å². The van der Waals surface area contributed by atoms with E-state index in [9.17, 15) is 14.4 Å². The molecule has 0 fully saturated rings. The Morgan fingerprint density at radius 1 is 0.574 bits per heavy atom. The lowest BCUT2D eigenvalue weighted by Gasteiger charge is -2.22. The summed E-state index contributed by atoms with van der Waals surface area (Å²) in [6.45, 7) is 0.303. The Labute approximate surface area is 275 Å². The van der Waals surface area contributed by atoms with Crippen molar-refractivity contribution in [3.05, 3.63) is 173 Å². The molecule has 0 aliphatic carbocycles. The second-order valence-corrected chi connectivity index (χ2v) is 11.2. The Morgan fingerprint density at radius 3 is 1.74 bits per heavy atom. The largest absolute Gasteiger partial charge is 0.489 e. The molecule has 0 unspecified atom stereocenters. The fourth-order valence-corrected chi connectivity index (χ4v) is 5.18. The number of nitrogens with one attached hydrogen (secondary N) is 2. The summed E-state index contributed by atoms with van der Waals surface area (Å²) in [4.78, 5) is 40.0. The van der Waals surface area contributed by atoms with Crippen LogP contribution in [0.1, 0.15) is 32.6 Å². The van der Waals surface area contributed by atoms with Crippen LogP contribution >= 0.6 is 0 Å². The fraction of sp³-hybridized carbons (Fsp3) is 0.175. The lowest BCUT2D eigenvalue weighted by Crippen LogP contribution is -2.46. The lowest BCUT2D eigenvalue weighted by molar-refractivity contribution is -0.148. The van der Waals surface area contributed by atoms with Crippen LogP contribution < -0.4 is 15.4 Å². The molecule has 0 saturated carbocycles. The molecule has 7 nitrogen and oxygen atoms in total. The summed E-state index contributed by atoms with van der Waals surface area (Å²) in [7, 11) is 0. The van der Waals surface area contributed by atoms with Gasteiger partial charge in [-0.05, 0) is 41.3 Å². The van der Waals surface area contributed by atoms with Crippen molar-refractivity contribution in [2.45, 2.75) is 38.0 Å². The van der Waals surface area contributed by atoms with E-state index in [1.54, 1.807) is 24.3 Å². The minimum atomic E-state index is -0.940. The molecule has 2 atom stereocenters. The van der Waals surface area contributed by atoms with Gasteiger partial charge in [0.15, 0.2) is 0 Å². The van der Waals surface area contributed by atoms with Gasteiger partial charge in [-0.2, -0.15) is 0 Å². The van der Waals surface area contributed by atoms with Crippen LogP contribution in [0.15, 0.2) is 146 Å². The van der Waals surface area contributed by atoms with Crippen molar-refractivity contribution in [3.8, 4) is 5.75 Å². The van der Waals surface area contributed by atoms with Crippen molar-refractivity contribution >= 4 is 17.8 Å². The molecule has 0 spiro atoms. The van der Waals surface area contributed by atoms with Gasteiger partial charge in [-0.3, -0.25) is 9.59 Å². The van der Waals surface area contributed by atoms with Crippen molar-refractivity contribution in [2.24, 2.45) is 0 Å². The maximum atomic E-state index is 13.6. The number of rotatable bonds is 15. The van der Waals surface area contributed by atoms with Gasteiger partial charge in [0.1, 0.15) is 25.0 Å². The third kappa shape index (κ3) is 10.4. The standard InChI is InChI=1S/C40H38N2O5/c43-38(27-34-23-13-14-24-37(34)46-28-32-19-9-3-10-20-32)42-36(26-31-17-7-2-8-18-31)40(45)47-29-35(25-30-15-5-1-6-16-30)41-39(44)33-21-11-4-12-22-33/h1-24,35-36H,25-29H2,(H,41,44)(H,42,43)/t35-,36-/m0/s1. The zero-order valence-electron chi connectivity index (χ0n) is 26.1. The Balaban J connectivity index is 1.26. The van der Waals surface area contributed by atoms with E-state index in [1.807, 2.05) is 121 Å². The molecule has 5 aromatic rings. The molecule has 0 saturated heterocycles. The van der Waals surface area contributed by atoms with Crippen LogP contribution in [0.2, 0.25) is 0 Å². The maximum absolute atomic E-state index is 13.6. The highest BCUT2D eigenvalue weighted by Gasteiger charge is 2.25. The molecule has 2 amide bonds. The normalized spacial score (nSPS) is 11.9. The lowest BCUT2D eigenvalue weighted by atomic mass is 10.0. The second kappa shape index (κ2) is 17.1. The SMILES string of the molecule is O=C(Cc1ccccc1OCc1ccccc1)N[C@@H](Cc1ccccc1)C(=O)OC[C@H](Cc1ccccc1)NC(=O)c1ccccc1. The number of benzene rings is 5. The average molecular weight is 627 g/mol. The molecule has 2 N–H and O–H groups in total. The highest BCUT2D eigenvalue weighted by molar-refractivity contribution is 5.94. The van der Waals surface area contributed by atoms with E-state index in [-0.39, 0.29) is 31.3 Å². The van der Waals surface area contributed by atoms with E-state index in [0.29, 0.717) is 29.9 Å². The zero-order chi connectivity index (χ0) is 32.7. The van der Waals surface area contributed by atoms with Crippen LogP contribution in [0.25, 0.3) is 0 Å². The van der Waals surface area contributed by atoms with Gasteiger partial charge in [-0.25, -0.2) is 4.79 Å². The number of ether oxygens (including phenoxy) is 2. The Morgan fingerprint density at radius 2 is 1.11 bits per heavy atom. The Kier molecular flexibility index (Phi) is 11.9. The molecule has 0 aromatic heterocycles. The maximum Gasteiger partial charge on any atom is 0.329 e. The number of para-hydroxylation sites is 1. The first kappa shape index (κ1) is 32.7. The molecular formula is C40H38N2O5. The number of esters is 1. The molecule has 0 radical (unpaired) electrons. The first-order chi connectivity index (χ1) is 23.0. The van der Waals surface area contributed by atoms with E-state index >= 15 is 0 Å². The van der Waals surface area contributed by atoms with Crippen molar-refractivity contribution in [1.29, 1.82) is 0 Å². The van der Waals surface area contributed by atoms with Gasteiger partial charge in [0.05, 0.1) is 12.5 Å². The predicted octanol–water partition coefficient (Wildman–Crippen LogP) is 6.12. The smallest absolute Gasteiger partial charge is 0.329 e. The molecule has 5 aromatic carbocycles. The van der Waals surface area contributed by atoms with Crippen molar-refractivity contribution < 1.29 is 23.9 Å². The zero-order valence-corrected chi connectivity index (χ0v) is 26.1. The first-order valence-corrected chi connectivity index (χ1v) is 15.7. The van der Waals surface area contributed by atoms with E-state index in [2.05, 4.69) is 10.6 Å². The number of carbonyl (C=O) groups excluding carboxylic acids is 3. The van der Waals surface area contributed by atoms with Crippen molar-refractivity contribution in [3.63, 3.8) is 0 Å². The third-order valence-electron chi connectivity index (χ3n) is 7.59. The van der Waals surface area contributed by atoms with Gasteiger partial charge in [0.25, 0.3) is 5.91 Å². The van der Waals surface area contributed by atoms with E-state index in [1.165, 1.54) is 0 Å². The van der Waals surface area contributed by atoms with Crippen molar-refractivity contribution in [1.82, 2.24) is 10.6 Å². The van der Waals surface area contributed by atoms with E-state index < -0.39 is 18.1 Å². The molecule has 0 bridgehead atoms. The molecule has 0 heterocycles. The van der Waals surface area contributed by atoms with Gasteiger partial charge in [-0.1, -0.05) is 127 Å². The molecule has 7 heteroatoms.